The summed E-state index contributed by atoms with van der Waals surface area (Å²) in [6, 6.07) is 8.27. The van der Waals surface area contributed by atoms with E-state index in [0.29, 0.717) is 6.54 Å². The molecule has 2 heterocycles. The summed E-state index contributed by atoms with van der Waals surface area (Å²) in [6.07, 6.45) is 1.52. The number of carbonyl (C=O) groups is 1. The molecule has 4 nitrogen and oxygen atoms in total. The molecule has 2 aromatic heterocycles. The van der Waals surface area contributed by atoms with Gasteiger partial charge in [0.2, 0.25) is 5.91 Å². The Kier molecular flexibility index (Phi) is 5.11. The van der Waals surface area contributed by atoms with Crippen LogP contribution in [0.25, 0.3) is 10.2 Å². The molecule has 0 unspecified atom stereocenters. The van der Waals surface area contributed by atoms with Gasteiger partial charge in [0.05, 0.1) is 5.25 Å². The fraction of sp³-hybridized carbons (Fsp3) is 0.235. The largest absolute Gasteiger partial charge is 0.340 e. The lowest BCUT2D eigenvalue weighted by atomic mass is 10.2. The molecule has 0 bridgehead atoms. The van der Waals surface area contributed by atoms with Gasteiger partial charge in [-0.15, -0.1) is 11.3 Å². The Hall–Kier alpha value is -1.99. The Morgan fingerprint density at radius 1 is 1.38 bits per heavy atom. The highest BCUT2D eigenvalue weighted by atomic mass is 32.2. The van der Waals surface area contributed by atoms with E-state index in [1.165, 1.54) is 30.2 Å². The first kappa shape index (κ1) is 16.9. The van der Waals surface area contributed by atoms with Gasteiger partial charge in [-0.25, -0.2) is 14.4 Å². The molecule has 0 fully saturated rings. The molecule has 1 atom stereocenters. The van der Waals surface area contributed by atoms with Gasteiger partial charge in [-0.05, 0) is 36.1 Å². The molecular weight excluding hydrogens is 345 g/mol. The summed E-state index contributed by atoms with van der Waals surface area (Å²) in [5.74, 6) is -0.317. The van der Waals surface area contributed by atoms with Crippen LogP contribution in [-0.2, 0) is 11.3 Å². The molecule has 124 valence electrons. The van der Waals surface area contributed by atoms with Crippen molar-refractivity contribution < 1.29 is 9.18 Å². The maximum Gasteiger partial charge on any atom is 0.235 e. The van der Waals surface area contributed by atoms with Crippen molar-refractivity contribution in [3.8, 4) is 0 Å². The maximum atomic E-state index is 13.3. The molecule has 3 rings (SSSR count). The van der Waals surface area contributed by atoms with Crippen molar-refractivity contribution in [2.75, 3.05) is 7.05 Å². The van der Waals surface area contributed by atoms with Crippen molar-refractivity contribution in [1.29, 1.82) is 0 Å². The van der Waals surface area contributed by atoms with Crippen molar-refractivity contribution in [2.45, 2.75) is 23.7 Å². The molecule has 0 spiro atoms. The Labute approximate surface area is 147 Å². The first-order chi connectivity index (χ1) is 11.5. The normalized spacial score (nSPS) is 12.3. The topological polar surface area (TPSA) is 46.1 Å². The second-order valence-electron chi connectivity index (χ2n) is 5.40. The molecule has 0 radical (unpaired) electrons. The van der Waals surface area contributed by atoms with Crippen molar-refractivity contribution in [2.24, 2.45) is 0 Å². The average Bonchev–Trinajstić information content (AvgIpc) is 3.03. The van der Waals surface area contributed by atoms with Crippen LogP contribution in [0.3, 0.4) is 0 Å². The number of fused-ring (bicyclic) bond motifs is 1. The van der Waals surface area contributed by atoms with Crippen LogP contribution in [0.15, 0.2) is 47.1 Å². The van der Waals surface area contributed by atoms with Gasteiger partial charge in [-0.1, -0.05) is 23.9 Å². The SMILES string of the molecule is C[C@@H](Sc1ncnc2sccc12)C(=O)N(C)Cc1cccc(F)c1. The van der Waals surface area contributed by atoms with Gasteiger partial charge in [0.15, 0.2) is 0 Å². The smallest absolute Gasteiger partial charge is 0.235 e. The Morgan fingerprint density at radius 3 is 3.00 bits per heavy atom. The zero-order valence-electron chi connectivity index (χ0n) is 13.3. The van der Waals surface area contributed by atoms with Gasteiger partial charge in [0.25, 0.3) is 0 Å². The van der Waals surface area contributed by atoms with Crippen LogP contribution in [0.2, 0.25) is 0 Å². The number of rotatable bonds is 5. The molecule has 3 aromatic rings. The minimum Gasteiger partial charge on any atom is -0.340 e. The maximum absolute atomic E-state index is 13.3. The molecular formula is C17H16FN3OS2. The number of aromatic nitrogens is 2. The van der Waals surface area contributed by atoms with Crippen LogP contribution in [0.4, 0.5) is 4.39 Å². The second kappa shape index (κ2) is 7.27. The van der Waals surface area contributed by atoms with E-state index in [0.717, 1.165) is 20.8 Å². The molecule has 24 heavy (non-hydrogen) atoms. The van der Waals surface area contributed by atoms with E-state index in [-0.39, 0.29) is 17.0 Å². The van der Waals surface area contributed by atoms with E-state index in [2.05, 4.69) is 9.97 Å². The standard InChI is InChI=1S/C17H16FN3OS2/c1-11(24-16-14-6-7-23-15(14)19-10-20-16)17(22)21(2)9-12-4-3-5-13(18)8-12/h3-8,10-11H,9H2,1-2H3/t11-/m1/s1. The summed E-state index contributed by atoms with van der Waals surface area (Å²) >= 11 is 2.97. The third-order valence-corrected chi connectivity index (χ3v) is 5.47. The highest BCUT2D eigenvalue weighted by molar-refractivity contribution is 8.00. The number of thioether (sulfide) groups is 1. The number of nitrogens with zero attached hydrogens (tertiary/aromatic N) is 3. The lowest BCUT2D eigenvalue weighted by molar-refractivity contribution is -0.129. The minimum atomic E-state index is -0.295. The third-order valence-electron chi connectivity index (χ3n) is 3.55. The summed E-state index contributed by atoms with van der Waals surface area (Å²) in [6.45, 7) is 2.23. The van der Waals surface area contributed by atoms with E-state index in [4.69, 9.17) is 0 Å². The summed E-state index contributed by atoms with van der Waals surface area (Å²) in [5.41, 5.74) is 0.769. The van der Waals surface area contributed by atoms with Gasteiger partial charge in [0.1, 0.15) is 22.0 Å². The third kappa shape index (κ3) is 3.73. The quantitative estimate of drug-likeness (QED) is 0.510. The molecule has 0 saturated heterocycles. The monoisotopic (exact) mass is 361 g/mol. The minimum absolute atomic E-state index is 0.0220. The van der Waals surface area contributed by atoms with Crippen LogP contribution >= 0.6 is 23.1 Å². The Bertz CT molecular complexity index is 868. The average molecular weight is 361 g/mol. The molecule has 0 N–H and O–H groups in total. The zero-order chi connectivity index (χ0) is 17.1. The Morgan fingerprint density at radius 2 is 2.21 bits per heavy atom. The number of hydrogen-bond donors (Lipinski definition) is 0. The fourth-order valence-electron chi connectivity index (χ4n) is 2.38. The Balaban J connectivity index is 1.69. The summed E-state index contributed by atoms with van der Waals surface area (Å²) < 4.78 is 13.3. The zero-order valence-corrected chi connectivity index (χ0v) is 14.9. The molecule has 0 saturated carbocycles. The highest BCUT2D eigenvalue weighted by Gasteiger charge is 2.21. The first-order valence-electron chi connectivity index (χ1n) is 7.39. The van der Waals surface area contributed by atoms with Crippen LogP contribution in [0.5, 0.6) is 0 Å². The highest BCUT2D eigenvalue weighted by Crippen LogP contribution is 2.30. The van der Waals surface area contributed by atoms with Crippen LogP contribution < -0.4 is 0 Å². The lowest BCUT2D eigenvalue weighted by Gasteiger charge is -2.21. The number of halogens is 1. The lowest BCUT2D eigenvalue weighted by Crippen LogP contribution is -2.32. The number of carbonyl (C=O) groups excluding carboxylic acids is 1. The van der Waals surface area contributed by atoms with Crippen molar-refractivity contribution in [1.82, 2.24) is 14.9 Å². The predicted octanol–water partition coefficient (Wildman–Crippen LogP) is 3.97. The number of benzene rings is 1. The van der Waals surface area contributed by atoms with Crippen molar-refractivity contribution in [3.05, 3.63) is 53.4 Å². The van der Waals surface area contributed by atoms with Gasteiger partial charge in [-0.3, -0.25) is 4.79 Å². The van der Waals surface area contributed by atoms with Crippen LogP contribution in [0.1, 0.15) is 12.5 Å². The summed E-state index contributed by atoms with van der Waals surface area (Å²) in [7, 11) is 1.73. The number of amides is 1. The van der Waals surface area contributed by atoms with Gasteiger partial charge in [-0.2, -0.15) is 0 Å². The fourth-order valence-corrected chi connectivity index (χ4v) is 4.19. The van der Waals surface area contributed by atoms with E-state index < -0.39 is 0 Å². The molecule has 1 aromatic carbocycles. The molecule has 0 aliphatic carbocycles. The van der Waals surface area contributed by atoms with Crippen LogP contribution in [0, 0.1) is 5.82 Å². The molecule has 1 amide bonds. The van der Waals surface area contributed by atoms with Gasteiger partial charge in [0, 0.05) is 19.0 Å². The van der Waals surface area contributed by atoms with Crippen LogP contribution in [-0.4, -0.2) is 33.1 Å². The number of thiophene rings is 1. The van der Waals surface area contributed by atoms with E-state index >= 15 is 0 Å². The second-order valence-corrected chi connectivity index (χ2v) is 7.63. The first-order valence-corrected chi connectivity index (χ1v) is 9.15. The van der Waals surface area contributed by atoms with Crippen molar-refractivity contribution >= 4 is 39.2 Å². The molecule has 7 heteroatoms. The molecule has 0 aliphatic heterocycles. The van der Waals surface area contributed by atoms with E-state index in [9.17, 15) is 9.18 Å². The summed E-state index contributed by atoms with van der Waals surface area (Å²) in [5, 5.41) is 3.45. The number of hydrogen-bond acceptors (Lipinski definition) is 5. The van der Waals surface area contributed by atoms with E-state index in [1.807, 2.05) is 24.4 Å². The molecule has 0 aliphatic rings. The van der Waals surface area contributed by atoms with Gasteiger partial charge >= 0.3 is 0 Å². The van der Waals surface area contributed by atoms with Crippen molar-refractivity contribution in [3.63, 3.8) is 0 Å². The van der Waals surface area contributed by atoms with E-state index in [1.54, 1.807) is 29.4 Å². The summed E-state index contributed by atoms with van der Waals surface area (Å²) in [4.78, 5) is 23.6. The van der Waals surface area contributed by atoms with Gasteiger partial charge < -0.3 is 4.90 Å². The predicted molar refractivity (Wildman–Crippen MR) is 95.6 cm³/mol.